The number of rotatable bonds is 6. The van der Waals surface area contributed by atoms with Crippen LogP contribution >= 0.6 is 11.6 Å². The zero-order valence-electron chi connectivity index (χ0n) is 17.8. The topological polar surface area (TPSA) is 66.8 Å². The van der Waals surface area contributed by atoms with E-state index in [0.29, 0.717) is 41.5 Å². The van der Waals surface area contributed by atoms with Crippen LogP contribution in [-0.2, 0) is 16.4 Å². The number of ether oxygens (including phenoxy) is 1. The lowest BCUT2D eigenvalue weighted by Crippen LogP contribution is -2.38. The van der Waals surface area contributed by atoms with Gasteiger partial charge in [-0.25, -0.2) is 8.42 Å². The van der Waals surface area contributed by atoms with Crippen LogP contribution in [0.2, 0.25) is 5.02 Å². The number of halogens is 1. The molecule has 0 amide bonds. The van der Waals surface area contributed by atoms with Gasteiger partial charge in [0.05, 0.1) is 10.5 Å². The van der Waals surface area contributed by atoms with Crippen molar-refractivity contribution in [2.75, 3.05) is 19.7 Å². The molecular formula is C23H30ClNO4S. The third-order valence-corrected chi connectivity index (χ3v) is 8.27. The van der Waals surface area contributed by atoms with Crippen LogP contribution in [0.5, 0.6) is 5.75 Å². The minimum Gasteiger partial charge on any atom is -0.491 e. The first-order valence-electron chi connectivity index (χ1n) is 10.4. The van der Waals surface area contributed by atoms with Crippen LogP contribution < -0.4 is 4.74 Å². The van der Waals surface area contributed by atoms with E-state index >= 15 is 0 Å². The first-order valence-corrected chi connectivity index (χ1v) is 12.2. The van der Waals surface area contributed by atoms with Crippen molar-refractivity contribution in [2.45, 2.75) is 57.0 Å². The smallest absolute Gasteiger partial charge is 0.243 e. The second-order valence-electron chi connectivity index (χ2n) is 8.14. The van der Waals surface area contributed by atoms with Crippen molar-refractivity contribution in [2.24, 2.45) is 0 Å². The first kappa shape index (κ1) is 23.1. The van der Waals surface area contributed by atoms with E-state index in [-0.39, 0.29) is 13.2 Å². The van der Waals surface area contributed by atoms with E-state index in [1.165, 1.54) is 4.31 Å². The summed E-state index contributed by atoms with van der Waals surface area (Å²) in [7, 11) is -3.58. The zero-order valence-corrected chi connectivity index (χ0v) is 19.4. The number of aliphatic hydroxyl groups is 1. The lowest BCUT2D eigenvalue weighted by atomic mass is 9.96. The lowest BCUT2D eigenvalue weighted by molar-refractivity contribution is -0.0156. The Hall–Kier alpha value is -1.60. The number of hydrogen-bond donors (Lipinski definition) is 1. The standard InChI is InChI=1S/C23H30ClNO4S/c1-4-19-6-8-21(9-7-19)30(27,28)25-12-5-10-23(26,11-13-25)16-29-20-14-17(2)22(24)18(3)15-20/h6-9,14-15,26H,4-5,10-13,16H2,1-3H3. The highest BCUT2D eigenvalue weighted by Gasteiger charge is 2.35. The van der Waals surface area contributed by atoms with Gasteiger partial charge in [-0.15, -0.1) is 0 Å². The van der Waals surface area contributed by atoms with Gasteiger partial charge in [0.1, 0.15) is 12.4 Å². The lowest BCUT2D eigenvalue weighted by Gasteiger charge is -2.27. The van der Waals surface area contributed by atoms with Crippen molar-refractivity contribution < 1.29 is 18.3 Å². The summed E-state index contributed by atoms with van der Waals surface area (Å²) in [6.45, 7) is 6.63. The van der Waals surface area contributed by atoms with E-state index in [0.717, 1.165) is 23.1 Å². The molecule has 2 aromatic rings. The van der Waals surface area contributed by atoms with Gasteiger partial charge >= 0.3 is 0 Å². The second kappa shape index (κ2) is 9.27. The number of nitrogens with zero attached hydrogens (tertiary/aromatic N) is 1. The molecule has 1 fully saturated rings. The van der Waals surface area contributed by atoms with E-state index < -0.39 is 15.6 Å². The van der Waals surface area contributed by atoms with Gasteiger partial charge in [0.15, 0.2) is 0 Å². The molecule has 0 radical (unpaired) electrons. The second-order valence-corrected chi connectivity index (χ2v) is 10.5. The normalized spacial score (nSPS) is 20.7. The minimum atomic E-state index is -3.58. The fourth-order valence-electron chi connectivity index (χ4n) is 3.79. The summed E-state index contributed by atoms with van der Waals surface area (Å²) in [4.78, 5) is 0.300. The molecule has 1 aliphatic heterocycles. The summed E-state index contributed by atoms with van der Waals surface area (Å²) in [5.74, 6) is 0.660. The molecule has 1 aliphatic rings. The molecule has 0 saturated carbocycles. The molecule has 30 heavy (non-hydrogen) atoms. The van der Waals surface area contributed by atoms with E-state index in [9.17, 15) is 13.5 Å². The summed E-state index contributed by atoms with van der Waals surface area (Å²) in [6, 6.07) is 10.7. The molecule has 2 aromatic carbocycles. The van der Waals surface area contributed by atoms with Crippen LogP contribution in [0.3, 0.4) is 0 Å². The maximum atomic E-state index is 13.0. The fraction of sp³-hybridized carbons (Fsp3) is 0.478. The van der Waals surface area contributed by atoms with Gasteiger partial charge in [0.25, 0.3) is 0 Å². The van der Waals surface area contributed by atoms with Gasteiger partial charge in [-0.05, 0) is 80.5 Å². The fourth-order valence-corrected chi connectivity index (χ4v) is 5.38. The van der Waals surface area contributed by atoms with Crippen molar-refractivity contribution in [3.8, 4) is 5.75 Å². The highest BCUT2D eigenvalue weighted by molar-refractivity contribution is 7.89. The van der Waals surface area contributed by atoms with Crippen LogP contribution in [0, 0.1) is 13.8 Å². The van der Waals surface area contributed by atoms with Gasteiger partial charge in [0.2, 0.25) is 10.0 Å². The number of sulfonamides is 1. The van der Waals surface area contributed by atoms with Crippen LogP contribution in [0.4, 0.5) is 0 Å². The Labute approximate surface area is 184 Å². The van der Waals surface area contributed by atoms with Crippen molar-refractivity contribution in [3.05, 3.63) is 58.1 Å². The molecule has 0 aromatic heterocycles. The third kappa shape index (κ3) is 5.17. The van der Waals surface area contributed by atoms with Crippen molar-refractivity contribution in [1.82, 2.24) is 4.31 Å². The summed E-state index contributed by atoms with van der Waals surface area (Å²) < 4.78 is 33.4. The maximum absolute atomic E-state index is 13.0. The van der Waals surface area contributed by atoms with Gasteiger partial charge < -0.3 is 9.84 Å². The number of aryl methyl sites for hydroxylation is 3. The summed E-state index contributed by atoms with van der Waals surface area (Å²) in [5, 5.41) is 11.8. The van der Waals surface area contributed by atoms with E-state index in [4.69, 9.17) is 16.3 Å². The monoisotopic (exact) mass is 451 g/mol. The highest BCUT2D eigenvalue weighted by Crippen LogP contribution is 2.30. The minimum absolute atomic E-state index is 0.118. The Bertz CT molecular complexity index is 968. The summed E-state index contributed by atoms with van der Waals surface area (Å²) in [5.41, 5.74) is 1.87. The molecule has 1 saturated heterocycles. The van der Waals surface area contributed by atoms with Gasteiger partial charge in [-0.2, -0.15) is 4.31 Å². The molecule has 3 rings (SSSR count). The Morgan fingerprint density at radius 3 is 2.33 bits per heavy atom. The van der Waals surface area contributed by atoms with Gasteiger partial charge in [0, 0.05) is 18.1 Å². The SMILES string of the molecule is CCc1ccc(S(=O)(=O)N2CCCC(O)(COc3cc(C)c(Cl)c(C)c3)CC2)cc1. The van der Waals surface area contributed by atoms with Gasteiger partial charge in [-0.1, -0.05) is 30.7 Å². The largest absolute Gasteiger partial charge is 0.491 e. The molecule has 0 bridgehead atoms. The predicted octanol–water partition coefficient (Wildman–Crippen LogP) is 4.50. The van der Waals surface area contributed by atoms with Crippen LogP contribution in [0.15, 0.2) is 41.3 Å². The molecule has 1 N–H and O–H groups in total. The summed E-state index contributed by atoms with van der Waals surface area (Å²) in [6.07, 6.45) is 2.25. The summed E-state index contributed by atoms with van der Waals surface area (Å²) >= 11 is 6.21. The Morgan fingerprint density at radius 1 is 1.10 bits per heavy atom. The van der Waals surface area contributed by atoms with Crippen molar-refractivity contribution in [3.63, 3.8) is 0 Å². The molecule has 7 heteroatoms. The molecular weight excluding hydrogens is 422 g/mol. The van der Waals surface area contributed by atoms with E-state index in [1.807, 2.05) is 45.0 Å². The molecule has 0 aliphatic carbocycles. The maximum Gasteiger partial charge on any atom is 0.243 e. The molecule has 1 atom stereocenters. The van der Waals surface area contributed by atoms with E-state index in [1.54, 1.807) is 12.1 Å². The Morgan fingerprint density at radius 2 is 1.73 bits per heavy atom. The quantitative estimate of drug-likeness (QED) is 0.701. The molecule has 164 valence electrons. The highest BCUT2D eigenvalue weighted by atomic mass is 35.5. The molecule has 1 heterocycles. The molecule has 5 nitrogen and oxygen atoms in total. The van der Waals surface area contributed by atoms with Crippen LogP contribution in [-0.4, -0.2) is 43.1 Å². The van der Waals surface area contributed by atoms with Crippen molar-refractivity contribution >= 4 is 21.6 Å². The van der Waals surface area contributed by atoms with Crippen molar-refractivity contribution in [1.29, 1.82) is 0 Å². The van der Waals surface area contributed by atoms with Crippen LogP contribution in [0.1, 0.15) is 42.9 Å². The third-order valence-electron chi connectivity index (χ3n) is 5.76. The average molecular weight is 452 g/mol. The Kier molecular flexibility index (Phi) is 7.13. The number of benzene rings is 2. The van der Waals surface area contributed by atoms with Gasteiger partial charge in [-0.3, -0.25) is 0 Å². The van der Waals surface area contributed by atoms with Crippen LogP contribution in [0.25, 0.3) is 0 Å². The van der Waals surface area contributed by atoms with E-state index in [2.05, 4.69) is 0 Å². The Balaban J connectivity index is 1.67. The predicted molar refractivity (Wildman–Crippen MR) is 120 cm³/mol. The molecule has 1 unspecified atom stereocenters. The first-order chi connectivity index (χ1) is 14.1. The molecule has 0 spiro atoms. The number of hydrogen-bond acceptors (Lipinski definition) is 4. The average Bonchev–Trinajstić information content (AvgIpc) is 2.93. The zero-order chi connectivity index (χ0) is 21.9.